The first-order chi connectivity index (χ1) is 10.1. The number of likely N-dealkylation sites (tertiary alicyclic amines) is 2. The number of nitrogens with zero attached hydrogens (tertiary/aromatic N) is 2. The quantitative estimate of drug-likeness (QED) is 0.919. The molecule has 21 heavy (non-hydrogen) atoms. The highest BCUT2D eigenvalue weighted by molar-refractivity contribution is 6.35. The minimum atomic E-state index is -0.549. The number of rotatable bonds is 4. The van der Waals surface area contributed by atoms with E-state index in [1.807, 2.05) is 6.07 Å². The standard InChI is InChI=1S/C16H22Cl2N2O/c17-12-3-4-14(15(18)9-12)16(21)11-19-8-5-13(10-19)20-6-1-2-7-20/h3-4,9,13,16,21H,1-2,5-8,10-11H2. The van der Waals surface area contributed by atoms with Crippen molar-refractivity contribution in [3.63, 3.8) is 0 Å². The summed E-state index contributed by atoms with van der Waals surface area (Å²) in [7, 11) is 0. The van der Waals surface area contributed by atoms with E-state index in [1.54, 1.807) is 12.1 Å². The fraction of sp³-hybridized carbons (Fsp3) is 0.625. The molecule has 3 rings (SSSR count). The molecule has 2 aliphatic rings. The normalized spacial score (nSPS) is 25.6. The Kier molecular flexibility index (Phi) is 5.07. The molecule has 0 aliphatic carbocycles. The van der Waals surface area contributed by atoms with Crippen LogP contribution in [0, 0.1) is 0 Å². The molecule has 2 aliphatic heterocycles. The second-order valence-electron chi connectivity index (χ2n) is 6.13. The Morgan fingerprint density at radius 1 is 1.19 bits per heavy atom. The lowest BCUT2D eigenvalue weighted by Crippen LogP contribution is -2.36. The van der Waals surface area contributed by atoms with Crippen molar-refractivity contribution in [2.24, 2.45) is 0 Å². The zero-order valence-electron chi connectivity index (χ0n) is 12.1. The van der Waals surface area contributed by atoms with Crippen molar-refractivity contribution < 1.29 is 5.11 Å². The maximum atomic E-state index is 10.4. The first kappa shape index (κ1) is 15.6. The van der Waals surface area contributed by atoms with Gasteiger partial charge in [-0.1, -0.05) is 29.3 Å². The minimum Gasteiger partial charge on any atom is -0.387 e. The Balaban J connectivity index is 1.56. The van der Waals surface area contributed by atoms with Gasteiger partial charge in [0.05, 0.1) is 6.10 Å². The lowest BCUT2D eigenvalue weighted by atomic mass is 10.1. The third-order valence-corrected chi connectivity index (χ3v) is 5.22. The maximum Gasteiger partial charge on any atom is 0.0931 e. The van der Waals surface area contributed by atoms with Crippen LogP contribution in [0.3, 0.4) is 0 Å². The van der Waals surface area contributed by atoms with Gasteiger partial charge in [0.15, 0.2) is 0 Å². The van der Waals surface area contributed by atoms with Crippen molar-refractivity contribution in [1.82, 2.24) is 9.80 Å². The van der Waals surface area contributed by atoms with E-state index in [0.29, 0.717) is 22.6 Å². The number of aliphatic hydroxyl groups is 1. The van der Waals surface area contributed by atoms with E-state index in [-0.39, 0.29) is 0 Å². The minimum absolute atomic E-state index is 0.547. The molecule has 5 heteroatoms. The molecule has 0 radical (unpaired) electrons. The lowest BCUT2D eigenvalue weighted by molar-refractivity contribution is 0.120. The van der Waals surface area contributed by atoms with Crippen LogP contribution in [-0.4, -0.2) is 53.7 Å². The van der Waals surface area contributed by atoms with Gasteiger partial charge in [-0.15, -0.1) is 0 Å². The van der Waals surface area contributed by atoms with Gasteiger partial charge in [0.25, 0.3) is 0 Å². The summed E-state index contributed by atoms with van der Waals surface area (Å²) in [4.78, 5) is 4.94. The summed E-state index contributed by atoms with van der Waals surface area (Å²) in [6.07, 6.45) is 3.33. The zero-order chi connectivity index (χ0) is 14.8. The molecule has 0 amide bonds. The average Bonchev–Trinajstić information content (AvgIpc) is 3.08. The van der Waals surface area contributed by atoms with Crippen LogP contribution in [0.4, 0.5) is 0 Å². The molecular formula is C16H22Cl2N2O. The molecule has 116 valence electrons. The molecule has 0 bridgehead atoms. The van der Waals surface area contributed by atoms with E-state index in [2.05, 4.69) is 9.80 Å². The van der Waals surface area contributed by atoms with Crippen LogP contribution in [0.5, 0.6) is 0 Å². The van der Waals surface area contributed by atoms with Gasteiger partial charge < -0.3 is 5.11 Å². The first-order valence-corrected chi connectivity index (χ1v) is 8.48. The Hall–Kier alpha value is -0.320. The molecule has 2 heterocycles. The number of aliphatic hydroxyl groups excluding tert-OH is 1. The van der Waals surface area contributed by atoms with Crippen LogP contribution in [-0.2, 0) is 0 Å². The van der Waals surface area contributed by atoms with E-state index in [4.69, 9.17) is 23.2 Å². The maximum absolute atomic E-state index is 10.4. The molecule has 2 saturated heterocycles. The average molecular weight is 329 g/mol. The summed E-state index contributed by atoms with van der Waals surface area (Å²) in [6.45, 7) is 5.24. The fourth-order valence-electron chi connectivity index (χ4n) is 3.50. The third-order valence-electron chi connectivity index (χ3n) is 4.66. The number of hydrogen-bond donors (Lipinski definition) is 1. The number of benzene rings is 1. The molecule has 3 nitrogen and oxygen atoms in total. The molecule has 2 fully saturated rings. The Labute approximate surface area is 136 Å². The summed E-state index contributed by atoms with van der Waals surface area (Å²) >= 11 is 12.1. The van der Waals surface area contributed by atoms with Crippen molar-refractivity contribution in [2.75, 3.05) is 32.7 Å². The highest BCUT2D eigenvalue weighted by Crippen LogP contribution is 2.28. The monoisotopic (exact) mass is 328 g/mol. The predicted octanol–water partition coefficient (Wildman–Crippen LogP) is 3.20. The van der Waals surface area contributed by atoms with E-state index in [1.165, 1.54) is 32.4 Å². The van der Waals surface area contributed by atoms with Crippen LogP contribution in [0.15, 0.2) is 18.2 Å². The van der Waals surface area contributed by atoms with Crippen molar-refractivity contribution in [3.05, 3.63) is 33.8 Å². The molecular weight excluding hydrogens is 307 g/mol. The fourth-order valence-corrected chi connectivity index (χ4v) is 4.03. The molecule has 0 spiro atoms. The summed E-state index contributed by atoms with van der Waals surface area (Å²) in [6, 6.07) is 5.96. The second kappa shape index (κ2) is 6.84. The highest BCUT2D eigenvalue weighted by Gasteiger charge is 2.30. The van der Waals surface area contributed by atoms with Crippen LogP contribution in [0.2, 0.25) is 10.0 Å². The van der Waals surface area contributed by atoms with E-state index < -0.39 is 6.10 Å². The SMILES string of the molecule is OC(CN1CCC(N2CCCC2)C1)c1ccc(Cl)cc1Cl. The summed E-state index contributed by atoms with van der Waals surface area (Å²) in [5, 5.41) is 11.6. The molecule has 2 atom stereocenters. The first-order valence-electron chi connectivity index (χ1n) is 7.73. The van der Waals surface area contributed by atoms with Gasteiger partial charge >= 0.3 is 0 Å². The van der Waals surface area contributed by atoms with Gasteiger partial charge in [-0.05, 0) is 51.0 Å². The van der Waals surface area contributed by atoms with Crippen LogP contribution in [0.25, 0.3) is 0 Å². The molecule has 2 unspecified atom stereocenters. The third kappa shape index (κ3) is 3.72. The van der Waals surface area contributed by atoms with Gasteiger partial charge in [0.2, 0.25) is 0 Å². The van der Waals surface area contributed by atoms with Crippen molar-refractivity contribution >= 4 is 23.2 Å². The van der Waals surface area contributed by atoms with E-state index in [9.17, 15) is 5.11 Å². The summed E-state index contributed by atoms with van der Waals surface area (Å²) in [5.41, 5.74) is 0.769. The van der Waals surface area contributed by atoms with Gasteiger partial charge in [0.1, 0.15) is 0 Å². The number of halogens is 2. The molecule has 0 saturated carbocycles. The van der Waals surface area contributed by atoms with E-state index >= 15 is 0 Å². The molecule has 1 N–H and O–H groups in total. The van der Waals surface area contributed by atoms with Gasteiger partial charge in [0, 0.05) is 34.7 Å². The largest absolute Gasteiger partial charge is 0.387 e. The zero-order valence-corrected chi connectivity index (χ0v) is 13.7. The van der Waals surface area contributed by atoms with Crippen molar-refractivity contribution in [3.8, 4) is 0 Å². The Bertz CT molecular complexity index is 491. The van der Waals surface area contributed by atoms with Crippen LogP contribution >= 0.6 is 23.2 Å². The van der Waals surface area contributed by atoms with Gasteiger partial charge in [-0.2, -0.15) is 0 Å². The van der Waals surface area contributed by atoms with Crippen LogP contribution in [0.1, 0.15) is 30.9 Å². The summed E-state index contributed by atoms with van der Waals surface area (Å²) < 4.78 is 0. The predicted molar refractivity (Wildman–Crippen MR) is 87.1 cm³/mol. The Morgan fingerprint density at radius 3 is 2.67 bits per heavy atom. The number of β-amino-alcohol motifs (C(OH)–C–C–N with tert-alkyl or cyclic N) is 1. The highest BCUT2D eigenvalue weighted by atomic mass is 35.5. The Morgan fingerprint density at radius 2 is 1.95 bits per heavy atom. The van der Waals surface area contributed by atoms with Crippen molar-refractivity contribution in [1.29, 1.82) is 0 Å². The summed E-state index contributed by atoms with van der Waals surface area (Å²) in [5.74, 6) is 0. The van der Waals surface area contributed by atoms with Crippen molar-refractivity contribution in [2.45, 2.75) is 31.4 Å². The van der Waals surface area contributed by atoms with Gasteiger partial charge in [-0.3, -0.25) is 9.80 Å². The molecule has 1 aromatic carbocycles. The lowest BCUT2D eigenvalue weighted by Gasteiger charge is -2.25. The van der Waals surface area contributed by atoms with Gasteiger partial charge in [-0.25, -0.2) is 0 Å². The molecule has 0 aromatic heterocycles. The second-order valence-corrected chi connectivity index (χ2v) is 6.97. The number of hydrogen-bond acceptors (Lipinski definition) is 3. The molecule has 1 aromatic rings. The topological polar surface area (TPSA) is 26.7 Å². The van der Waals surface area contributed by atoms with E-state index in [0.717, 1.165) is 18.7 Å². The smallest absolute Gasteiger partial charge is 0.0931 e. The van der Waals surface area contributed by atoms with Crippen LogP contribution < -0.4 is 0 Å².